The molecule has 1 N–H and O–H groups in total. The van der Waals surface area contributed by atoms with Crippen LogP contribution in [-0.2, 0) is 32.3 Å². The number of amides is 2. The van der Waals surface area contributed by atoms with Crippen molar-refractivity contribution >= 4 is 21.8 Å². The van der Waals surface area contributed by atoms with Gasteiger partial charge in [0.2, 0.25) is 21.8 Å². The van der Waals surface area contributed by atoms with Crippen LogP contribution in [0.15, 0.2) is 53.4 Å². The number of rotatable bonds is 6. The van der Waals surface area contributed by atoms with Crippen LogP contribution in [0.5, 0.6) is 5.75 Å². The summed E-state index contributed by atoms with van der Waals surface area (Å²) in [5.74, 6) is -1.86. The molecule has 2 aromatic rings. The lowest BCUT2D eigenvalue weighted by atomic mass is 10.1. The number of halogens is 6. The number of nitrogens with zero attached hydrogens (tertiary/aromatic N) is 2. The molecule has 1 unspecified atom stereocenters. The summed E-state index contributed by atoms with van der Waals surface area (Å²) in [6.45, 7) is 0.405. The zero-order valence-corrected chi connectivity index (χ0v) is 20.0. The SMILES string of the molecule is CC(=O)N1CCN(S(=O)(=O)c2ccc(OC(F)(F)F)cc2)C(C(=O)NCc2ccc(C(F)(F)F)cc2)C1. The maximum atomic E-state index is 13.3. The van der Waals surface area contributed by atoms with E-state index in [-0.39, 0.29) is 26.2 Å². The van der Waals surface area contributed by atoms with E-state index in [4.69, 9.17) is 0 Å². The summed E-state index contributed by atoms with van der Waals surface area (Å²) in [6, 6.07) is 6.00. The number of hydrogen-bond acceptors (Lipinski definition) is 5. The second kappa shape index (κ2) is 10.6. The summed E-state index contributed by atoms with van der Waals surface area (Å²) in [5, 5.41) is 2.47. The van der Waals surface area contributed by atoms with E-state index < -0.39 is 56.6 Å². The molecule has 37 heavy (non-hydrogen) atoms. The van der Waals surface area contributed by atoms with Crippen molar-refractivity contribution in [1.82, 2.24) is 14.5 Å². The maximum absolute atomic E-state index is 13.3. The first-order valence-electron chi connectivity index (χ1n) is 10.6. The normalized spacial score (nSPS) is 17.4. The van der Waals surface area contributed by atoms with Crippen molar-refractivity contribution < 1.29 is 49.1 Å². The van der Waals surface area contributed by atoms with Crippen molar-refractivity contribution in [1.29, 1.82) is 0 Å². The molecule has 0 spiro atoms. The highest BCUT2D eigenvalue weighted by molar-refractivity contribution is 7.89. The van der Waals surface area contributed by atoms with E-state index in [1.54, 1.807) is 0 Å². The third-order valence-corrected chi connectivity index (χ3v) is 7.41. The van der Waals surface area contributed by atoms with Gasteiger partial charge >= 0.3 is 12.5 Å². The van der Waals surface area contributed by atoms with E-state index in [0.717, 1.165) is 52.8 Å². The first-order chi connectivity index (χ1) is 17.1. The third-order valence-electron chi connectivity index (χ3n) is 5.49. The van der Waals surface area contributed by atoms with Crippen molar-refractivity contribution in [3.05, 3.63) is 59.7 Å². The molecule has 15 heteroatoms. The summed E-state index contributed by atoms with van der Waals surface area (Å²) >= 11 is 0. The third kappa shape index (κ3) is 7.13. The number of nitrogens with one attached hydrogen (secondary N) is 1. The monoisotopic (exact) mass is 553 g/mol. The summed E-state index contributed by atoms with van der Waals surface area (Å²) < 4.78 is 107. The van der Waals surface area contributed by atoms with Crippen LogP contribution < -0.4 is 10.1 Å². The maximum Gasteiger partial charge on any atom is 0.573 e. The highest BCUT2D eigenvalue weighted by Gasteiger charge is 2.41. The molecule has 202 valence electrons. The number of carbonyl (C=O) groups excluding carboxylic acids is 2. The number of ether oxygens (including phenoxy) is 1. The van der Waals surface area contributed by atoms with Crippen LogP contribution in [0.4, 0.5) is 26.3 Å². The minimum atomic E-state index is -4.97. The van der Waals surface area contributed by atoms with Gasteiger partial charge in [0, 0.05) is 33.1 Å². The molecule has 0 radical (unpaired) electrons. The molecular formula is C22H21F6N3O5S. The summed E-state index contributed by atoms with van der Waals surface area (Å²) in [6.07, 6.45) is -9.51. The highest BCUT2D eigenvalue weighted by atomic mass is 32.2. The largest absolute Gasteiger partial charge is 0.573 e. The van der Waals surface area contributed by atoms with Crippen LogP contribution in [0.25, 0.3) is 0 Å². The lowest BCUT2D eigenvalue weighted by Gasteiger charge is -2.39. The van der Waals surface area contributed by atoms with Gasteiger partial charge in [-0.1, -0.05) is 12.1 Å². The predicted molar refractivity (Wildman–Crippen MR) is 116 cm³/mol. The van der Waals surface area contributed by atoms with Gasteiger partial charge in [-0.3, -0.25) is 9.59 Å². The van der Waals surface area contributed by atoms with Crippen LogP contribution in [0.2, 0.25) is 0 Å². The number of hydrogen-bond donors (Lipinski definition) is 1. The zero-order chi connectivity index (χ0) is 27.6. The first-order valence-corrected chi connectivity index (χ1v) is 12.1. The fourth-order valence-corrected chi connectivity index (χ4v) is 5.19. The second-order valence-electron chi connectivity index (χ2n) is 8.03. The van der Waals surface area contributed by atoms with E-state index in [0.29, 0.717) is 5.56 Å². The fourth-order valence-electron chi connectivity index (χ4n) is 3.62. The molecule has 0 aliphatic carbocycles. The number of alkyl halides is 6. The molecule has 1 aliphatic heterocycles. The van der Waals surface area contributed by atoms with E-state index >= 15 is 0 Å². The van der Waals surface area contributed by atoms with Gasteiger partial charge < -0.3 is 15.0 Å². The van der Waals surface area contributed by atoms with E-state index in [1.165, 1.54) is 11.8 Å². The van der Waals surface area contributed by atoms with Crippen LogP contribution in [-0.4, -0.2) is 61.5 Å². The summed E-state index contributed by atoms with van der Waals surface area (Å²) in [7, 11) is -4.40. The van der Waals surface area contributed by atoms with E-state index in [2.05, 4.69) is 10.1 Å². The number of piperazine rings is 1. The van der Waals surface area contributed by atoms with Crippen LogP contribution in [0.3, 0.4) is 0 Å². The average Bonchev–Trinajstić information content (AvgIpc) is 2.81. The molecule has 0 aromatic heterocycles. The van der Waals surface area contributed by atoms with Crippen molar-refractivity contribution in [2.24, 2.45) is 0 Å². The van der Waals surface area contributed by atoms with E-state index in [9.17, 15) is 44.3 Å². The van der Waals surface area contributed by atoms with Gasteiger partial charge in [0.05, 0.1) is 10.5 Å². The average molecular weight is 553 g/mol. The van der Waals surface area contributed by atoms with Gasteiger partial charge in [-0.15, -0.1) is 13.2 Å². The Balaban J connectivity index is 1.80. The number of sulfonamides is 1. The molecule has 3 rings (SSSR count). The van der Waals surface area contributed by atoms with Crippen LogP contribution >= 0.6 is 0 Å². The lowest BCUT2D eigenvalue weighted by Crippen LogP contribution is -2.61. The Morgan fingerprint density at radius 2 is 1.57 bits per heavy atom. The van der Waals surface area contributed by atoms with Gasteiger partial charge in [0.15, 0.2) is 0 Å². The predicted octanol–water partition coefficient (Wildman–Crippen LogP) is 3.14. The van der Waals surface area contributed by atoms with Crippen molar-refractivity contribution in [3.8, 4) is 5.75 Å². The first kappa shape index (κ1) is 28.2. The minimum Gasteiger partial charge on any atom is -0.406 e. The van der Waals surface area contributed by atoms with Gasteiger partial charge in [0.25, 0.3) is 0 Å². The quantitative estimate of drug-likeness (QED) is 0.555. The Morgan fingerprint density at radius 1 is 0.973 bits per heavy atom. The fraction of sp³-hybridized carbons (Fsp3) is 0.364. The Kier molecular flexibility index (Phi) is 8.07. The Labute approximate surface area is 207 Å². The molecule has 1 saturated heterocycles. The Hall–Kier alpha value is -3.33. The minimum absolute atomic E-state index is 0.0352. The molecule has 0 bridgehead atoms. The number of benzene rings is 2. The standard InChI is InChI=1S/C22H21F6N3O5S/c1-14(32)30-10-11-31(37(34,35)18-8-6-17(7-9-18)36-22(26,27)28)19(13-30)20(33)29-12-15-2-4-16(5-3-15)21(23,24)25/h2-9,19H,10-13H2,1H3,(H,29,33). The van der Waals surface area contributed by atoms with Crippen LogP contribution in [0.1, 0.15) is 18.1 Å². The van der Waals surface area contributed by atoms with Crippen molar-refractivity contribution in [3.63, 3.8) is 0 Å². The smallest absolute Gasteiger partial charge is 0.406 e. The molecular weight excluding hydrogens is 532 g/mol. The van der Waals surface area contributed by atoms with Gasteiger partial charge in [-0.25, -0.2) is 8.42 Å². The zero-order valence-electron chi connectivity index (χ0n) is 19.1. The molecule has 2 aromatic carbocycles. The molecule has 1 aliphatic rings. The molecule has 1 fully saturated rings. The van der Waals surface area contributed by atoms with Crippen LogP contribution in [0, 0.1) is 0 Å². The molecule has 1 atom stereocenters. The highest BCUT2D eigenvalue weighted by Crippen LogP contribution is 2.29. The molecule has 2 amide bonds. The number of carbonyl (C=O) groups is 2. The molecule has 1 heterocycles. The van der Waals surface area contributed by atoms with Gasteiger partial charge in [0.1, 0.15) is 11.8 Å². The van der Waals surface area contributed by atoms with Gasteiger partial charge in [-0.2, -0.15) is 17.5 Å². The lowest BCUT2D eigenvalue weighted by molar-refractivity contribution is -0.274. The Morgan fingerprint density at radius 3 is 2.08 bits per heavy atom. The second-order valence-corrected chi connectivity index (χ2v) is 9.92. The van der Waals surface area contributed by atoms with E-state index in [1.807, 2.05) is 0 Å². The Bertz CT molecular complexity index is 1230. The summed E-state index contributed by atoms with van der Waals surface area (Å²) in [5.41, 5.74) is -0.564. The molecule has 8 nitrogen and oxygen atoms in total. The van der Waals surface area contributed by atoms with Crippen molar-refractivity contribution in [2.75, 3.05) is 19.6 Å². The van der Waals surface area contributed by atoms with Gasteiger partial charge in [-0.05, 0) is 42.0 Å². The summed E-state index contributed by atoms with van der Waals surface area (Å²) in [4.78, 5) is 25.7. The topological polar surface area (TPSA) is 96.0 Å². The molecule has 0 saturated carbocycles. The van der Waals surface area contributed by atoms with Crippen molar-refractivity contribution in [2.45, 2.75) is 36.9 Å².